The molecule has 0 aromatic carbocycles. The van der Waals surface area contributed by atoms with Gasteiger partial charge in [-0.2, -0.15) is 0 Å². The molecule has 1 saturated heterocycles. The fourth-order valence-corrected chi connectivity index (χ4v) is 3.34. The summed E-state index contributed by atoms with van der Waals surface area (Å²) >= 11 is 0. The molecule has 0 N–H and O–H groups in total. The Kier molecular flexibility index (Phi) is 4.79. The lowest BCUT2D eigenvalue weighted by Gasteiger charge is -2.38. The number of methoxy groups -OCH3 is 1. The van der Waals surface area contributed by atoms with E-state index in [1.54, 1.807) is 0 Å². The van der Waals surface area contributed by atoms with Crippen molar-refractivity contribution >= 4 is 20.7 Å². The van der Waals surface area contributed by atoms with Gasteiger partial charge in [0, 0.05) is 13.0 Å². The zero-order chi connectivity index (χ0) is 14.8. The second kappa shape index (κ2) is 5.62. The van der Waals surface area contributed by atoms with Crippen LogP contribution in [0.3, 0.4) is 0 Å². The summed E-state index contributed by atoms with van der Waals surface area (Å²) in [6.45, 7) is 11.3. The number of carbonyl (C=O) groups excluding carboxylic acids is 2. The molecule has 1 rings (SSSR count). The van der Waals surface area contributed by atoms with E-state index in [2.05, 4.69) is 33.9 Å². The average molecular weight is 287 g/mol. The minimum absolute atomic E-state index is 0.0739. The van der Waals surface area contributed by atoms with Crippen molar-refractivity contribution < 1.29 is 18.8 Å². The number of carbonyl (C=O) groups is 2. The van der Waals surface area contributed by atoms with Crippen LogP contribution in [-0.4, -0.2) is 51.4 Å². The van der Waals surface area contributed by atoms with Crippen LogP contribution in [0.25, 0.3) is 0 Å². The highest BCUT2D eigenvalue weighted by atomic mass is 28.4. The van der Waals surface area contributed by atoms with Gasteiger partial charge in [-0.15, -0.1) is 0 Å². The molecule has 0 spiro atoms. The van der Waals surface area contributed by atoms with Crippen LogP contribution in [0.15, 0.2) is 0 Å². The molecule has 0 bridgehead atoms. The zero-order valence-electron chi connectivity index (χ0n) is 12.7. The summed E-state index contributed by atoms with van der Waals surface area (Å²) in [6.07, 6.45) is 1.16. The third-order valence-electron chi connectivity index (χ3n) is 4.18. The van der Waals surface area contributed by atoms with E-state index in [1.807, 2.05) is 0 Å². The monoisotopic (exact) mass is 287 g/mol. The molecule has 0 saturated carbocycles. The second-order valence-corrected chi connectivity index (χ2v) is 11.3. The molecule has 1 fully saturated rings. The Morgan fingerprint density at radius 2 is 1.95 bits per heavy atom. The molecule has 110 valence electrons. The molecule has 19 heavy (non-hydrogen) atoms. The molecule has 0 radical (unpaired) electrons. The minimum atomic E-state index is -1.88. The summed E-state index contributed by atoms with van der Waals surface area (Å²) in [5.41, 5.74) is 0. The Balaban J connectivity index is 2.74. The first-order valence-corrected chi connectivity index (χ1v) is 9.50. The summed E-state index contributed by atoms with van der Waals surface area (Å²) in [5.74, 6) is -0.367. The first-order valence-electron chi connectivity index (χ1n) is 6.59. The predicted molar refractivity (Wildman–Crippen MR) is 75.3 cm³/mol. The van der Waals surface area contributed by atoms with E-state index >= 15 is 0 Å². The SMILES string of the molecule is COC(=O)[C@@H]1C[C@@H](O[Si](C)(C)C(C)(C)C)CN1C=O. The first kappa shape index (κ1) is 16.2. The molecule has 0 aromatic heterocycles. The Morgan fingerprint density at radius 1 is 1.37 bits per heavy atom. The lowest BCUT2D eigenvalue weighted by molar-refractivity contribution is -0.148. The summed E-state index contributed by atoms with van der Waals surface area (Å²) in [4.78, 5) is 24.1. The number of likely N-dealkylation sites (tertiary alicyclic amines) is 1. The number of hydrogen-bond acceptors (Lipinski definition) is 4. The minimum Gasteiger partial charge on any atom is -0.467 e. The van der Waals surface area contributed by atoms with Crippen molar-refractivity contribution in [2.24, 2.45) is 0 Å². The number of esters is 1. The van der Waals surface area contributed by atoms with Crippen LogP contribution in [0.1, 0.15) is 27.2 Å². The summed E-state index contributed by atoms with van der Waals surface area (Å²) < 4.78 is 11.0. The fraction of sp³-hybridized carbons (Fsp3) is 0.846. The van der Waals surface area contributed by atoms with Gasteiger partial charge in [-0.05, 0) is 18.1 Å². The van der Waals surface area contributed by atoms with E-state index in [0.29, 0.717) is 19.4 Å². The van der Waals surface area contributed by atoms with Crippen molar-refractivity contribution in [2.45, 2.75) is 57.5 Å². The molecule has 0 unspecified atom stereocenters. The van der Waals surface area contributed by atoms with Crippen LogP contribution >= 0.6 is 0 Å². The Hall–Kier alpha value is -0.883. The molecule has 2 atom stereocenters. The van der Waals surface area contributed by atoms with E-state index in [0.717, 1.165) is 0 Å². The Morgan fingerprint density at radius 3 is 2.37 bits per heavy atom. The number of rotatable bonds is 4. The van der Waals surface area contributed by atoms with Gasteiger partial charge >= 0.3 is 5.97 Å². The molecule has 1 aliphatic heterocycles. The summed E-state index contributed by atoms with van der Waals surface area (Å²) in [7, 11) is -0.541. The smallest absolute Gasteiger partial charge is 0.328 e. The van der Waals surface area contributed by atoms with Crippen molar-refractivity contribution in [1.82, 2.24) is 4.90 Å². The van der Waals surface area contributed by atoms with Crippen LogP contribution < -0.4 is 0 Å². The van der Waals surface area contributed by atoms with E-state index in [4.69, 9.17) is 9.16 Å². The van der Waals surface area contributed by atoms with Gasteiger partial charge in [-0.1, -0.05) is 20.8 Å². The van der Waals surface area contributed by atoms with E-state index in [1.165, 1.54) is 12.0 Å². The van der Waals surface area contributed by atoms with Gasteiger partial charge in [0.1, 0.15) is 6.04 Å². The van der Waals surface area contributed by atoms with Crippen molar-refractivity contribution in [3.63, 3.8) is 0 Å². The molecule has 5 nitrogen and oxygen atoms in total. The van der Waals surface area contributed by atoms with Gasteiger partial charge in [-0.25, -0.2) is 4.79 Å². The highest BCUT2D eigenvalue weighted by molar-refractivity contribution is 6.74. The number of amides is 1. The lowest BCUT2D eigenvalue weighted by Crippen LogP contribution is -2.44. The van der Waals surface area contributed by atoms with E-state index < -0.39 is 14.4 Å². The molecule has 1 aliphatic rings. The molecule has 6 heteroatoms. The van der Waals surface area contributed by atoms with Crippen molar-refractivity contribution in [1.29, 1.82) is 0 Å². The molecule has 0 aliphatic carbocycles. The topological polar surface area (TPSA) is 55.8 Å². The molecule has 1 amide bonds. The quantitative estimate of drug-likeness (QED) is 0.449. The highest BCUT2D eigenvalue weighted by Gasteiger charge is 2.44. The van der Waals surface area contributed by atoms with Gasteiger partial charge in [0.05, 0.1) is 13.2 Å². The third kappa shape index (κ3) is 3.57. The second-order valence-electron chi connectivity index (χ2n) is 6.58. The molecule has 0 aromatic rings. The maximum atomic E-state index is 11.6. The van der Waals surface area contributed by atoms with Crippen LogP contribution in [0.5, 0.6) is 0 Å². The average Bonchev–Trinajstić information content (AvgIpc) is 2.68. The highest BCUT2D eigenvalue weighted by Crippen LogP contribution is 2.38. The maximum absolute atomic E-state index is 11.6. The van der Waals surface area contributed by atoms with Gasteiger partial charge in [0.15, 0.2) is 8.32 Å². The summed E-state index contributed by atoms with van der Waals surface area (Å²) in [5, 5.41) is 0.113. The van der Waals surface area contributed by atoms with Crippen molar-refractivity contribution in [2.75, 3.05) is 13.7 Å². The van der Waals surface area contributed by atoms with Gasteiger partial charge in [0.2, 0.25) is 6.41 Å². The van der Waals surface area contributed by atoms with Crippen LogP contribution in [-0.2, 0) is 18.8 Å². The van der Waals surface area contributed by atoms with Gasteiger partial charge in [-0.3, -0.25) is 4.79 Å². The normalized spacial score (nSPS) is 24.4. The van der Waals surface area contributed by atoms with Crippen molar-refractivity contribution in [3.05, 3.63) is 0 Å². The number of hydrogen-bond donors (Lipinski definition) is 0. The third-order valence-corrected chi connectivity index (χ3v) is 8.71. The lowest BCUT2D eigenvalue weighted by atomic mass is 10.2. The van der Waals surface area contributed by atoms with E-state index in [9.17, 15) is 9.59 Å². The van der Waals surface area contributed by atoms with Gasteiger partial charge in [0.25, 0.3) is 0 Å². The molecular weight excluding hydrogens is 262 g/mol. The van der Waals surface area contributed by atoms with Crippen molar-refractivity contribution in [3.8, 4) is 0 Å². The maximum Gasteiger partial charge on any atom is 0.328 e. The van der Waals surface area contributed by atoms with Crippen LogP contribution in [0.2, 0.25) is 18.1 Å². The van der Waals surface area contributed by atoms with Crippen LogP contribution in [0.4, 0.5) is 0 Å². The van der Waals surface area contributed by atoms with E-state index in [-0.39, 0.29) is 17.1 Å². The standard InChI is InChI=1S/C13H25NO4Si/c1-13(2,3)19(5,6)18-10-7-11(12(16)17-4)14(8-10)9-15/h9-11H,7-8H2,1-6H3/t10-,11+/m1/s1. The Bertz CT molecular complexity index is 351. The zero-order valence-corrected chi connectivity index (χ0v) is 13.7. The largest absolute Gasteiger partial charge is 0.467 e. The molecular formula is C13H25NO4Si. The Labute approximate surface area is 116 Å². The van der Waals surface area contributed by atoms with Gasteiger partial charge < -0.3 is 14.1 Å². The van der Waals surface area contributed by atoms with Crippen LogP contribution in [0, 0.1) is 0 Å². The summed E-state index contributed by atoms with van der Waals surface area (Å²) in [6, 6.07) is -0.503. The molecule has 1 heterocycles. The number of nitrogens with zero attached hydrogens (tertiary/aromatic N) is 1. The predicted octanol–water partition coefficient (Wildman–Crippen LogP) is 1.78. The first-order chi connectivity index (χ1) is 8.62. The fourth-order valence-electron chi connectivity index (χ4n) is 1.98. The number of ether oxygens (including phenoxy) is 1.